The smallest absolute Gasteiger partial charge is 0.257 e. The van der Waals surface area contributed by atoms with Crippen molar-refractivity contribution in [1.29, 1.82) is 0 Å². The molecule has 5 nitrogen and oxygen atoms in total. The van der Waals surface area contributed by atoms with Crippen molar-refractivity contribution in [2.75, 3.05) is 31.8 Å². The van der Waals surface area contributed by atoms with E-state index in [2.05, 4.69) is 5.32 Å². The summed E-state index contributed by atoms with van der Waals surface area (Å²) in [7, 11) is 1.74. The zero-order valence-electron chi connectivity index (χ0n) is 13.5. The van der Waals surface area contributed by atoms with E-state index in [1.807, 2.05) is 24.5 Å². The number of hydrogen-bond acceptors (Lipinski definition) is 4. The van der Waals surface area contributed by atoms with Gasteiger partial charge in [-0.25, -0.2) is 0 Å². The Morgan fingerprint density at radius 2 is 2.04 bits per heavy atom. The Morgan fingerprint density at radius 3 is 2.83 bits per heavy atom. The maximum atomic E-state index is 12.5. The molecule has 0 bridgehead atoms. The summed E-state index contributed by atoms with van der Waals surface area (Å²) in [5.74, 6) is 0.241. The Morgan fingerprint density at radius 1 is 1.25 bits per heavy atom. The fraction of sp³-hybridized carbons (Fsp3) is 0.222. The Bertz CT molecular complexity index is 792. The summed E-state index contributed by atoms with van der Waals surface area (Å²) >= 11 is 1.52. The van der Waals surface area contributed by atoms with Crippen LogP contribution in [-0.4, -0.2) is 43.2 Å². The molecular formula is C18H18N2O3S. The summed E-state index contributed by atoms with van der Waals surface area (Å²) in [6.45, 7) is 0.998. The van der Waals surface area contributed by atoms with E-state index in [4.69, 9.17) is 4.74 Å². The van der Waals surface area contributed by atoms with Crippen LogP contribution in [0.1, 0.15) is 20.7 Å². The zero-order chi connectivity index (χ0) is 17.1. The van der Waals surface area contributed by atoms with Crippen LogP contribution in [0.3, 0.4) is 0 Å². The Balaban J connectivity index is 1.87. The molecule has 124 valence electrons. The number of carbonyl (C=O) groups is 2. The van der Waals surface area contributed by atoms with Gasteiger partial charge in [-0.2, -0.15) is 0 Å². The van der Waals surface area contributed by atoms with Crippen molar-refractivity contribution >= 4 is 29.3 Å². The van der Waals surface area contributed by atoms with Crippen molar-refractivity contribution in [3.8, 4) is 5.75 Å². The molecule has 3 rings (SSSR count). The maximum absolute atomic E-state index is 12.5. The lowest BCUT2D eigenvalue weighted by Gasteiger charge is -2.13. The number of nitrogens with one attached hydrogen (secondary N) is 1. The van der Waals surface area contributed by atoms with Crippen LogP contribution in [0.2, 0.25) is 0 Å². The summed E-state index contributed by atoms with van der Waals surface area (Å²) in [6.07, 6.45) is 1.93. The molecule has 0 fully saturated rings. The number of carbonyl (C=O) groups excluding carboxylic acids is 2. The molecule has 1 N–H and O–H groups in total. The minimum Gasteiger partial charge on any atom is -0.491 e. The van der Waals surface area contributed by atoms with Crippen LogP contribution in [0.4, 0.5) is 5.69 Å². The average molecular weight is 342 g/mol. The molecule has 0 saturated carbocycles. The number of thioether (sulfide) groups is 1. The van der Waals surface area contributed by atoms with Crippen molar-refractivity contribution in [2.45, 2.75) is 4.90 Å². The van der Waals surface area contributed by atoms with Crippen LogP contribution < -0.4 is 10.1 Å². The first-order valence-corrected chi connectivity index (χ1v) is 8.79. The zero-order valence-corrected chi connectivity index (χ0v) is 14.4. The van der Waals surface area contributed by atoms with Crippen LogP contribution >= 0.6 is 11.8 Å². The summed E-state index contributed by atoms with van der Waals surface area (Å²) in [5.41, 5.74) is 1.65. The molecule has 0 unspecified atom stereocenters. The lowest BCUT2D eigenvalue weighted by molar-refractivity contribution is 0.0796. The van der Waals surface area contributed by atoms with E-state index >= 15 is 0 Å². The highest BCUT2D eigenvalue weighted by atomic mass is 32.2. The third kappa shape index (κ3) is 3.23. The van der Waals surface area contributed by atoms with E-state index in [0.717, 1.165) is 4.90 Å². The van der Waals surface area contributed by atoms with Crippen molar-refractivity contribution in [3.05, 3.63) is 53.6 Å². The topological polar surface area (TPSA) is 58.6 Å². The molecule has 2 aromatic carbocycles. The number of anilines is 1. The van der Waals surface area contributed by atoms with Gasteiger partial charge in [0, 0.05) is 17.6 Å². The standard InChI is InChI=1S/C18H18N2O3S/c1-20-9-10-23-15-8-7-12(11-14(15)18(20)22)19-17(21)13-5-3-4-6-16(13)24-2/h3-8,11H,9-10H2,1-2H3,(H,19,21). The molecule has 6 heteroatoms. The van der Waals surface area contributed by atoms with E-state index in [1.165, 1.54) is 11.8 Å². The van der Waals surface area contributed by atoms with Crippen molar-refractivity contribution in [1.82, 2.24) is 4.90 Å². The minimum absolute atomic E-state index is 0.108. The van der Waals surface area contributed by atoms with E-state index in [-0.39, 0.29) is 11.8 Å². The van der Waals surface area contributed by atoms with Gasteiger partial charge in [-0.15, -0.1) is 11.8 Å². The molecule has 0 aromatic heterocycles. The van der Waals surface area contributed by atoms with Crippen LogP contribution in [0.15, 0.2) is 47.4 Å². The number of nitrogens with zero attached hydrogens (tertiary/aromatic N) is 1. The number of fused-ring (bicyclic) bond motifs is 1. The Hall–Kier alpha value is -2.47. The number of rotatable bonds is 3. The molecule has 0 radical (unpaired) electrons. The summed E-state index contributed by atoms with van der Waals surface area (Å²) in [6, 6.07) is 12.6. The fourth-order valence-electron chi connectivity index (χ4n) is 2.53. The van der Waals surface area contributed by atoms with Gasteiger partial charge in [0.1, 0.15) is 12.4 Å². The lowest BCUT2D eigenvalue weighted by atomic mass is 10.1. The van der Waals surface area contributed by atoms with Crippen LogP contribution in [0.5, 0.6) is 5.75 Å². The molecule has 0 aliphatic carbocycles. The molecule has 2 aromatic rings. The largest absolute Gasteiger partial charge is 0.491 e. The van der Waals surface area contributed by atoms with E-state index in [9.17, 15) is 9.59 Å². The predicted molar refractivity (Wildman–Crippen MR) is 95.1 cm³/mol. The third-order valence-corrected chi connectivity index (χ3v) is 4.65. The first kappa shape index (κ1) is 16.4. The first-order chi connectivity index (χ1) is 11.6. The Kier molecular flexibility index (Phi) is 4.76. The summed E-state index contributed by atoms with van der Waals surface area (Å²) in [5, 5.41) is 2.86. The van der Waals surface area contributed by atoms with Gasteiger partial charge in [0.15, 0.2) is 0 Å². The number of benzene rings is 2. The predicted octanol–water partition coefficient (Wildman–Crippen LogP) is 3.13. The van der Waals surface area contributed by atoms with Gasteiger partial charge >= 0.3 is 0 Å². The van der Waals surface area contributed by atoms with Gasteiger partial charge in [0.05, 0.1) is 17.7 Å². The van der Waals surface area contributed by atoms with Crippen molar-refractivity contribution in [3.63, 3.8) is 0 Å². The summed E-state index contributed by atoms with van der Waals surface area (Å²) in [4.78, 5) is 27.4. The van der Waals surface area contributed by atoms with E-state index in [1.54, 1.807) is 36.2 Å². The molecule has 0 atom stereocenters. The second kappa shape index (κ2) is 6.97. The normalized spacial score (nSPS) is 13.8. The number of likely N-dealkylation sites (N-methyl/N-ethyl adjacent to an activating group) is 1. The van der Waals surface area contributed by atoms with Crippen LogP contribution in [-0.2, 0) is 0 Å². The lowest BCUT2D eigenvalue weighted by Crippen LogP contribution is -2.27. The quantitative estimate of drug-likeness (QED) is 0.871. The van der Waals surface area contributed by atoms with Gasteiger partial charge in [-0.3, -0.25) is 9.59 Å². The average Bonchev–Trinajstić information content (AvgIpc) is 2.74. The van der Waals surface area contributed by atoms with Gasteiger partial charge in [-0.1, -0.05) is 12.1 Å². The summed E-state index contributed by atoms with van der Waals surface area (Å²) < 4.78 is 5.59. The Labute approximate surface area is 145 Å². The van der Waals surface area contributed by atoms with Gasteiger partial charge in [0.25, 0.3) is 11.8 Å². The van der Waals surface area contributed by atoms with E-state index in [0.29, 0.717) is 35.7 Å². The molecule has 1 aliphatic rings. The second-order valence-electron chi connectivity index (χ2n) is 5.44. The number of ether oxygens (including phenoxy) is 1. The molecule has 0 spiro atoms. The molecule has 24 heavy (non-hydrogen) atoms. The van der Waals surface area contributed by atoms with Crippen LogP contribution in [0.25, 0.3) is 0 Å². The monoisotopic (exact) mass is 342 g/mol. The van der Waals surface area contributed by atoms with Crippen LogP contribution in [0, 0.1) is 0 Å². The number of amides is 2. The molecule has 0 saturated heterocycles. The van der Waals surface area contributed by atoms with E-state index < -0.39 is 0 Å². The SMILES string of the molecule is CSc1ccccc1C(=O)Nc1ccc2c(c1)C(=O)N(C)CCO2. The first-order valence-electron chi connectivity index (χ1n) is 7.57. The highest BCUT2D eigenvalue weighted by Gasteiger charge is 2.21. The highest BCUT2D eigenvalue weighted by Crippen LogP contribution is 2.27. The fourth-order valence-corrected chi connectivity index (χ4v) is 3.13. The second-order valence-corrected chi connectivity index (χ2v) is 6.29. The molecule has 2 amide bonds. The molecule has 1 aliphatic heterocycles. The molecular weight excluding hydrogens is 324 g/mol. The highest BCUT2D eigenvalue weighted by molar-refractivity contribution is 7.98. The van der Waals surface area contributed by atoms with Gasteiger partial charge in [-0.05, 0) is 36.6 Å². The molecule has 1 heterocycles. The van der Waals surface area contributed by atoms with Crippen molar-refractivity contribution < 1.29 is 14.3 Å². The number of hydrogen-bond donors (Lipinski definition) is 1. The maximum Gasteiger partial charge on any atom is 0.257 e. The van der Waals surface area contributed by atoms with Gasteiger partial charge < -0.3 is 15.0 Å². The van der Waals surface area contributed by atoms with Crippen molar-refractivity contribution in [2.24, 2.45) is 0 Å². The van der Waals surface area contributed by atoms with Gasteiger partial charge in [0.2, 0.25) is 0 Å². The third-order valence-electron chi connectivity index (χ3n) is 3.85. The minimum atomic E-state index is -0.199.